The monoisotopic (exact) mass is 220 g/mol. The van der Waals surface area contributed by atoms with E-state index in [1.165, 1.54) is 0 Å². The molecule has 0 heterocycles. The van der Waals surface area contributed by atoms with E-state index < -0.39 is 23.0 Å². The van der Waals surface area contributed by atoms with E-state index in [2.05, 4.69) is 0 Å². The molecule has 1 rings (SSSR count). The third kappa shape index (κ3) is 3.26. The lowest BCUT2D eigenvalue weighted by molar-refractivity contribution is 0.0379. The summed E-state index contributed by atoms with van der Waals surface area (Å²) >= 11 is -2.53. The van der Waals surface area contributed by atoms with Crippen molar-refractivity contribution in [2.75, 3.05) is 0 Å². The Balaban J connectivity index is 2.60. The van der Waals surface area contributed by atoms with Gasteiger partial charge in [0, 0.05) is 6.04 Å². The molecular weight excluding hydrogens is 206 g/mol. The van der Waals surface area contributed by atoms with E-state index in [1.807, 2.05) is 0 Å². The Morgan fingerprint density at radius 1 is 1.50 bits per heavy atom. The summed E-state index contributed by atoms with van der Waals surface area (Å²) in [5.41, 5.74) is -0.663. The molecule has 0 spiro atoms. The van der Waals surface area contributed by atoms with E-state index in [4.69, 9.17) is 4.74 Å². The maximum Gasteiger partial charge on any atom is 0.421 e. The first kappa shape index (κ1) is 11.5. The van der Waals surface area contributed by atoms with Crippen LogP contribution in [0.3, 0.4) is 0 Å². The summed E-state index contributed by atoms with van der Waals surface area (Å²) in [4.78, 5) is 11.4. The predicted octanol–water partition coefficient (Wildman–Crippen LogP) is 1.18. The van der Waals surface area contributed by atoms with Crippen LogP contribution in [0.5, 0.6) is 0 Å². The molecule has 1 saturated carbocycles. The van der Waals surface area contributed by atoms with Crippen LogP contribution in [0.2, 0.25) is 0 Å². The van der Waals surface area contributed by atoms with Crippen LogP contribution in [-0.4, -0.2) is 30.8 Å². The quantitative estimate of drug-likeness (QED) is 0.655. The minimum atomic E-state index is -2.53. The molecule has 0 radical (unpaired) electrons. The highest BCUT2D eigenvalue weighted by Gasteiger charge is 2.36. The van der Waals surface area contributed by atoms with Crippen molar-refractivity contribution in [2.24, 2.45) is 0 Å². The normalized spacial score (nSPS) is 18.9. The Morgan fingerprint density at radius 2 is 2.00 bits per heavy atom. The fourth-order valence-electron chi connectivity index (χ4n) is 0.948. The van der Waals surface area contributed by atoms with Gasteiger partial charge in [0.1, 0.15) is 5.60 Å². The van der Waals surface area contributed by atoms with Gasteiger partial charge in [-0.3, -0.25) is 4.21 Å². The van der Waals surface area contributed by atoms with Gasteiger partial charge in [0.2, 0.25) is 0 Å². The summed E-state index contributed by atoms with van der Waals surface area (Å²) in [6.07, 6.45) is 0.675. The molecule has 0 aliphatic heterocycles. The molecule has 82 valence electrons. The van der Waals surface area contributed by atoms with Crippen molar-refractivity contribution in [2.45, 2.75) is 45.3 Å². The molecule has 1 atom stereocenters. The molecule has 0 aromatic heterocycles. The molecule has 1 amide bonds. The van der Waals surface area contributed by atoms with Crippen molar-refractivity contribution in [1.82, 2.24) is 4.31 Å². The van der Waals surface area contributed by atoms with Gasteiger partial charge in [-0.2, -0.15) is 0 Å². The van der Waals surface area contributed by atoms with E-state index in [-0.39, 0.29) is 6.04 Å². The van der Waals surface area contributed by atoms with Gasteiger partial charge in [0.25, 0.3) is 0 Å². The van der Waals surface area contributed by atoms with Gasteiger partial charge in [-0.05, 0) is 33.6 Å². The van der Waals surface area contributed by atoms with Crippen molar-refractivity contribution >= 4 is 17.4 Å². The third-order valence-corrected chi connectivity index (χ3v) is 2.38. The standard InChI is InChI=1S/C8H15NO4S/c1-8(2,3)13-7(10)9(14(11)12)6-4-5-6/h6H,4-5H2,1-3H3,(H,11,12)/p-1. The number of hydrogen-bond acceptors (Lipinski definition) is 4. The SMILES string of the molecule is CC(C)(C)OC(=O)N(C1CC1)S(=O)[O-]. The fourth-order valence-corrected chi connectivity index (χ4v) is 1.56. The number of carbonyl (C=O) groups excluding carboxylic acids is 1. The summed E-state index contributed by atoms with van der Waals surface area (Å²) in [5, 5.41) is 0. The van der Waals surface area contributed by atoms with Crippen molar-refractivity contribution < 1.29 is 18.3 Å². The van der Waals surface area contributed by atoms with E-state index >= 15 is 0 Å². The van der Waals surface area contributed by atoms with E-state index in [0.29, 0.717) is 0 Å². The predicted molar refractivity (Wildman–Crippen MR) is 50.0 cm³/mol. The van der Waals surface area contributed by atoms with Gasteiger partial charge in [-0.15, -0.1) is 0 Å². The molecular formula is C8H14NO4S-. The zero-order valence-corrected chi connectivity index (χ0v) is 9.30. The number of amides is 1. The van der Waals surface area contributed by atoms with Crippen molar-refractivity contribution in [3.8, 4) is 0 Å². The van der Waals surface area contributed by atoms with E-state index in [1.54, 1.807) is 20.8 Å². The molecule has 1 unspecified atom stereocenters. The number of carbonyl (C=O) groups is 1. The second kappa shape index (κ2) is 3.86. The first-order valence-electron chi connectivity index (χ1n) is 4.43. The summed E-state index contributed by atoms with van der Waals surface area (Å²) in [5.74, 6) is 0. The number of nitrogens with zero attached hydrogens (tertiary/aromatic N) is 1. The summed E-state index contributed by atoms with van der Waals surface area (Å²) < 4.78 is 27.2. The average Bonchev–Trinajstić information content (AvgIpc) is 2.65. The van der Waals surface area contributed by atoms with Gasteiger partial charge in [0.15, 0.2) is 0 Å². The third-order valence-electron chi connectivity index (χ3n) is 1.61. The summed E-state index contributed by atoms with van der Waals surface area (Å²) in [6.45, 7) is 5.09. The smallest absolute Gasteiger partial charge is 0.421 e. The first-order chi connectivity index (χ1) is 6.31. The van der Waals surface area contributed by atoms with Crippen molar-refractivity contribution in [3.63, 3.8) is 0 Å². The van der Waals surface area contributed by atoms with Crippen LogP contribution in [0.25, 0.3) is 0 Å². The Bertz CT molecular complexity index is 257. The fraction of sp³-hybridized carbons (Fsp3) is 0.875. The van der Waals surface area contributed by atoms with Crippen LogP contribution >= 0.6 is 0 Å². The Hall–Kier alpha value is -0.620. The number of ether oxygens (including phenoxy) is 1. The molecule has 0 aromatic carbocycles. The molecule has 1 aliphatic carbocycles. The highest BCUT2D eigenvalue weighted by molar-refractivity contribution is 7.77. The van der Waals surface area contributed by atoms with Crippen molar-refractivity contribution in [1.29, 1.82) is 0 Å². The van der Waals surface area contributed by atoms with Crippen LogP contribution in [0.4, 0.5) is 4.79 Å². The molecule has 6 heteroatoms. The molecule has 0 aromatic rings. The van der Waals surface area contributed by atoms with E-state index in [9.17, 15) is 13.6 Å². The van der Waals surface area contributed by atoms with Gasteiger partial charge < -0.3 is 9.29 Å². The zero-order valence-electron chi connectivity index (χ0n) is 8.48. The van der Waals surface area contributed by atoms with Crippen LogP contribution in [0.1, 0.15) is 33.6 Å². The lowest BCUT2D eigenvalue weighted by atomic mass is 10.2. The van der Waals surface area contributed by atoms with E-state index in [0.717, 1.165) is 17.1 Å². The topological polar surface area (TPSA) is 69.7 Å². The maximum atomic E-state index is 11.4. The largest absolute Gasteiger partial charge is 0.755 e. The second-order valence-electron chi connectivity index (χ2n) is 4.25. The lowest BCUT2D eigenvalue weighted by Gasteiger charge is -2.28. The summed E-state index contributed by atoms with van der Waals surface area (Å²) in [7, 11) is 0. The van der Waals surface area contributed by atoms with Crippen LogP contribution in [0.15, 0.2) is 0 Å². The Kier molecular flexibility index (Phi) is 3.16. The maximum absolute atomic E-state index is 11.4. The molecule has 0 saturated heterocycles. The molecule has 0 N–H and O–H groups in total. The average molecular weight is 220 g/mol. The first-order valence-corrected chi connectivity index (χ1v) is 5.46. The Labute approximate surface area is 85.8 Å². The highest BCUT2D eigenvalue weighted by atomic mass is 32.2. The van der Waals surface area contributed by atoms with Gasteiger partial charge in [0.05, 0.1) is 11.3 Å². The van der Waals surface area contributed by atoms with Crippen LogP contribution in [-0.2, 0) is 16.0 Å². The second-order valence-corrected chi connectivity index (χ2v) is 5.08. The Morgan fingerprint density at radius 3 is 2.29 bits per heavy atom. The van der Waals surface area contributed by atoms with Crippen LogP contribution < -0.4 is 0 Å². The number of hydrogen-bond donors (Lipinski definition) is 0. The van der Waals surface area contributed by atoms with Gasteiger partial charge >= 0.3 is 6.09 Å². The van der Waals surface area contributed by atoms with Crippen LogP contribution in [0, 0.1) is 0 Å². The van der Waals surface area contributed by atoms with Gasteiger partial charge in [-0.25, -0.2) is 9.10 Å². The minimum absolute atomic E-state index is 0.191. The van der Waals surface area contributed by atoms with Crippen molar-refractivity contribution in [3.05, 3.63) is 0 Å². The molecule has 1 fully saturated rings. The zero-order chi connectivity index (χ0) is 10.9. The molecule has 14 heavy (non-hydrogen) atoms. The molecule has 1 aliphatic rings. The minimum Gasteiger partial charge on any atom is -0.755 e. The number of rotatable bonds is 2. The van der Waals surface area contributed by atoms with Gasteiger partial charge in [-0.1, -0.05) is 0 Å². The summed E-state index contributed by atoms with van der Waals surface area (Å²) in [6, 6.07) is -0.191. The molecule has 5 nitrogen and oxygen atoms in total. The molecule has 0 bridgehead atoms. The highest BCUT2D eigenvalue weighted by Crippen LogP contribution is 2.29. The lowest BCUT2D eigenvalue weighted by Crippen LogP contribution is -2.39.